The van der Waals surface area contributed by atoms with Crippen LogP contribution in [0, 0.1) is 24.7 Å². The molecule has 2 heterocycles. The third-order valence-electron chi connectivity index (χ3n) is 5.94. The van der Waals surface area contributed by atoms with Crippen molar-refractivity contribution in [2.45, 2.75) is 85.1 Å². The van der Waals surface area contributed by atoms with Gasteiger partial charge in [-0.1, -0.05) is 27.7 Å². The number of carbonyl (C=O) groups is 4. The van der Waals surface area contributed by atoms with E-state index in [2.05, 4.69) is 20.4 Å². The lowest BCUT2D eigenvalue weighted by molar-refractivity contribution is -0.144. The highest BCUT2D eigenvalue weighted by Crippen LogP contribution is 2.30. The van der Waals surface area contributed by atoms with Gasteiger partial charge >= 0.3 is 6.61 Å². The van der Waals surface area contributed by atoms with Crippen molar-refractivity contribution in [2.24, 2.45) is 17.8 Å². The van der Waals surface area contributed by atoms with Crippen molar-refractivity contribution < 1.29 is 37.4 Å². The van der Waals surface area contributed by atoms with Crippen molar-refractivity contribution in [1.82, 2.24) is 15.6 Å². The predicted octanol–water partition coefficient (Wildman–Crippen LogP) is 3.30. The summed E-state index contributed by atoms with van der Waals surface area (Å²) in [6.45, 7) is 7.39. The molecule has 4 atom stereocenters. The summed E-state index contributed by atoms with van der Waals surface area (Å²) in [7, 11) is 0. The molecule has 1 saturated heterocycles. The van der Waals surface area contributed by atoms with E-state index >= 15 is 0 Å². The van der Waals surface area contributed by atoms with Crippen LogP contribution in [0.2, 0.25) is 0 Å². The van der Waals surface area contributed by atoms with Gasteiger partial charge < -0.3 is 20.1 Å². The number of hydrogen-bond acceptors (Lipinski definition) is 8. The minimum absolute atomic E-state index is 0.0256. The summed E-state index contributed by atoms with van der Waals surface area (Å²) in [6, 6.07) is -2.17. The molecule has 37 heavy (non-hydrogen) atoms. The van der Waals surface area contributed by atoms with E-state index < -0.39 is 54.4 Å². The Morgan fingerprint density at radius 3 is 2.22 bits per heavy atom. The van der Waals surface area contributed by atoms with E-state index in [9.17, 15) is 28.0 Å². The SMILES string of the molecule is Cc1ncc(C(=O)N[C@@H](COC(F)F)C(=O)C[C@@H](CC(C)C)C(=O)N[C@@H](CC(C)C)C(=O)[C@@]2(C)CO2)s1. The number of aromatic nitrogens is 1. The Labute approximate surface area is 220 Å². The van der Waals surface area contributed by atoms with Crippen LogP contribution in [-0.4, -0.2) is 65.9 Å². The lowest BCUT2D eigenvalue weighted by Crippen LogP contribution is -2.50. The Morgan fingerprint density at radius 2 is 1.73 bits per heavy atom. The summed E-state index contributed by atoms with van der Waals surface area (Å²) in [5, 5.41) is 5.86. The van der Waals surface area contributed by atoms with Crippen molar-refractivity contribution in [3.63, 3.8) is 0 Å². The number of amides is 2. The number of halogens is 2. The maximum Gasteiger partial charge on any atom is 0.345 e. The molecule has 1 aromatic heterocycles. The summed E-state index contributed by atoms with van der Waals surface area (Å²) < 4.78 is 35.1. The first kappa shape index (κ1) is 30.9. The number of carbonyl (C=O) groups excluding carboxylic acids is 4. The van der Waals surface area contributed by atoms with E-state index in [4.69, 9.17) is 4.74 Å². The molecule has 2 amide bonds. The minimum Gasteiger partial charge on any atom is -0.361 e. The molecular formula is C25H37F2N3O6S. The smallest absolute Gasteiger partial charge is 0.345 e. The summed E-state index contributed by atoms with van der Waals surface area (Å²) in [5.41, 5.74) is -0.923. The molecule has 0 radical (unpaired) electrons. The molecule has 0 aliphatic carbocycles. The maximum absolute atomic E-state index is 13.3. The van der Waals surface area contributed by atoms with Gasteiger partial charge in [-0.3, -0.25) is 19.2 Å². The molecule has 12 heteroatoms. The number of nitrogens with zero attached hydrogens (tertiary/aromatic N) is 1. The Kier molecular flexibility index (Phi) is 11.3. The highest BCUT2D eigenvalue weighted by molar-refractivity contribution is 7.13. The van der Waals surface area contributed by atoms with E-state index in [-0.39, 0.29) is 35.5 Å². The second-order valence-corrected chi connectivity index (χ2v) is 11.7. The molecule has 2 rings (SSSR count). The van der Waals surface area contributed by atoms with Crippen LogP contribution >= 0.6 is 11.3 Å². The van der Waals surface area contributed by atoms with Crippen LogP contribution in [0.5, 0.6) is 0 Å². The second kappa shape index (κ2) is 13.5. The lowest BCUT2D eigenvalue weighted by atomic mass is 9.88. The number of aryl methyl sites for hydroxylation is 1. The molecule has 208 valence electrons. The van der Waals surface area contributed by atoms with Gasteiger partial charge in [0.2, 0.25) is 5.91 Å². The van der Waals surface area contributed by atoms with Gasteiger partial charge in [0, 0.05) is 12.3 Å². The topological polar surface area (TPSA) is 127 Å². The van der Waals surface area contributed by atoms with Crippen molar-refractivity contribution in [3.8, 4) is 0 Å². The zero-order valence-corrected chi connectivity index (χ0v) is 23.0. The van der Waals surface area contributed by atoms with E-state index in [0.717, 1.165) is 11.3 Å². The average Bonchev–Trinajstić information content (AvgIpc) is 3.39. The molecule has 1 aliphatic rings. The first-order valence-corrected chi connectivity index (χ1v) is 13.2. The van der Waals surface area contributed by atoms with Crippen LogP contribution < -0.4 is 10.6 Å². The van der Waals surface area contributed by atoms with Crippen molar-refractivity contribution in [3.05, 3.63) is 16.1 Å². The molecule has 1 fully saturated rings. The molecule has 2 N–H and O–H groups in total. The van der Waals surface area contributed by atoms with Crippen LogP contribution in [0.3, 0.4) is 0 Å². The van der Waals surface area contributed by atoms with E-state index in [1.807, 2.05) is 27.7 Å². The van der Waals surface area contributed by atoms with Gasteiger partial charge in [-0.2, -0.15) is 8.78 Å². The Bertz CT molecular complexity index is 964. The lowest BCUT2D eigenvalue weighted by Gasteiger charge is -2.26. The van der Waals surface area contributed by atoms with E-state index in [1.165, 1.54) is 6.20 Å². The molecule has 0 saturated carbocycles. The van der Waals surface area contributed by atoms with Crippen molar-refractivity contribution in [1.29, 1.82) is 0 Å². The molecule has 9 nitrogen and oxygen atoms in total. The number of nitrogens with one attached hydrogen (secondary N) is 2. The van der Waals surface area contributed by atoms with Crippen LogP contribution in [0.4, 0.5) is 8.78 Å². The van der Waals surface area contributed by atoms with Crippen molar-refractivity contribution in [2.75, 3.05) is 13.2 Å². The standard InChI is InChI=1S/C25H37F2N3O6S/c1-13(2)7-16(22(33)29-17(8-14(3)4)21(32)25(6)12-36-25)9-19(31)18(11-35-24(26)27)30-23(34)20-10-28-15(5)37-20/h10,13-14,16-18,24H,7-9,11-12H2,1-6H3,(H,29,33)(H,30,34)/t16-,17+,18+,25-/m1/s1. The number of epoxide rings is 1. The van der Waals surface area contributed by atoms with Gasteiger partial charge in [0.05, 0.1) is 30.5 Å². The Morgan fingerprint density at radius 1 is 1.11 bits per heavy atom. The number of rotatable bonds is 16. The van der Waals surface area contributed by atoms with Gasteiger partial charge in [0.25, 0.3) is 5.91 Å². The average molecular weight is 546 g/mol. The first-order valence-electron chi connectivity index (χ1n) is 12.4. The number of ketones is 2. The number of ether oxygens (including phenoxy) is 2. The molecule has 1 aliphatic heterocycles. The fourth-order valence-corrected chi connectivity index (χ4v) is 4.61. The highest BCUT2D eigenvalue weighted by Gasteiger charge is 2.50. The number of thiazole rings is 1. The van der Waals surface area contributed by atoms with Gasteiger partial charge in [-0.15, -0.1) is 11.3 Å². The van der Waals surface area contributed by atoms with E-state index in [0.29, 0.717) is 17.8 Å². The molecule has 1 aromatic rings. The normalized spacial score (nSPS) is 19.5. The number of hydrogen-bond donors (Lipinski definition) is 2. The maximum atomic E-state index is 13.3. The zero-order valence-electron chi connectivity index (χ0n) is 22.1. The Hall–Kier alpha value is -2.31. The predicted molar refractivity (Wildman–Crippen MR) is 133 cm³/mol. The molecule has 0 spiro atoms. The molecule has 0 aromatic carbocycles. The monoisotopic (exact) mass is 545 g/mol. The molecular weight excluding hydrogens is 508 g/mol. The zero-order chi connectivity index (χ0) is 27.9. The summed E-state index contributed by atoms with van der Waals surface area (Å²) >= 11 is 1.09. The quantitative estimate of drug-likeness (QED) is 0.305. The molecule has 0 unspecified atom stereocenters. The summed E-state index contributed by atoms with van der Waals surface area (Å²) in [4.78, 5) is 56.2. The number of Topliss-reactive ketones (excluding diaryl/α,β-unsaturated/α-hetero) is 2. The van der Waals surface area contributed by atoms with Gasteiger partial charge in [0.15, 0.2) is 11.6 Å². The van der Waals surface area contributed by atoms with Gasteiger partial charge in [-0.25, -0.2) is 4.98 Å². The summed E-state index contributed by atoms with van der Waals surface area (Å²) in [6.07, 6.45) is 1.73. The third kappa shape index (κ3) is 9.82. The molecule has 0 bridgehead atoms. The fourth-order valence-electron chi connectivity index (χ4n) is 3.93. The fraction of sp³-hybridized carbons (Fsp3) is 0.720. The Balaban J connectivity index is 2.17. The highest BCUT2D eigenvalue weighted by atomic mass is 32.1. The van der Waals surface area contributed by atoms with Crippen LogP contribution in [0.15, 0.2) is 6.20 Å². The minimum atomic E-state index is -3.14. The largest absolute Gasteiger partial charge is 0.361 e. The van der Waals surface area contributed by atoms with Crippen LogP contribution in [-0.2, 0) is 23.9 Å². The second-order valence-electron chi connectivity index (χ2n) is 10.4. The van der Waals surface area contributed by atoms with Crippen molar-refractivity contribution >= 4 is 34.7 Å². The summed E-state index contributed by atoms with van der Waals surface area (Å²) in [5.74, 6) is -2.67. The van der Waals surface area contributed by atoms with Crippen LogP contribution in [0.25, 0.3) is 0 Å². The first-order chi connectivity index (χ1) is 17.2. The number of alkyl halides is 2. The third-order valence-corrected chi connectivity index (χ3v) is 6.85. The van der Waals surface area contributed by atoms with Gasteiger partial charge in [0.1, 0.15) is 16.5 Å². The van der Waals surface area contributed by atoms with Gasteiger partial charge in [-0.05, 0) is 38.5 Å². The van der Waals surface area contributed by atoms with Crippen LogP contribution in [0.1, 0.15) is 68.6 Å². The van der Waals surface area contributed by atoms with E-state index in [1.54, 1.807) is 13.8 Å².